The van der Waals surface area contributed by atoms with Crippen LogP contribution >= 0.6 is 0 Å². The Hall–Kier alpha value is -2.30. The van der Waals surface area contributed by atoms with Gasteiger partial charge in [0.25, 0.3) is 5.91 Å². The number of carbonyl (C=O) groups is 2. The number of carbonyl (C=O) groups excluding carboxylic acids is 2. The van der Waals surface area contributed by atoms with Gasteiger partial charge < -0.3 is 14.7 Å². The monoisotopic (exact) mass is 277 g/mol. The molecule has 0 saturated carbocycles. The normalized spacial score (nSPS) is 9.90. The molecule has 1 N–H and O–H groups in total. The first-order valence-corrected chi connectivity index (χ1v) is 6.35. The number of aromatic hydroxyl groups is 1. The summed E-state index contributed by atoms with van der Waals surface area (Å²) in [4.78, 5) is 25.2. The van der Waals surface area contributed by atoms with Crippen LogP contribution < -0.4 is 0 Å². The van der Waals surface area contributed by atoms with Crippen molar-refractivity contribution < 1.29 is 19.4 Å². The first-order valence-electron chi connectivity index (χ1n) is 6.35. The minimum atomic E-state index is -0.460. The lowest BCUT2D eigenvalue weighted by molar-refractivity contribution is -0.143. The molecule has 0 aliphatic heterocycles. The molecule has 0 bridgehead atoms. The Morgan fingerprint density at radius 3 is 2.70 bits per heavy atom. The number of amides is 1. The number of nitrogens with zero attached hydrogens (tertiary/aromatic N) is 1. The van der Waals surface area contributed by atoms with Gasteiger partial charge in [-0.1, -0.05) is 6.08 Å². The highest BCUT2D eigenvalue weighted by atomic mass is 16.5. The topological polar surface area (TPSA) is 66.8 Å². The van der Waals surface area contributed by atoms with Gasteiger partial charge in [-0.3, -0.25) is 9.59 Å². The fourth-order valence-corrected chi connectivity index (χ4v) is 1.71. The van der Waals surface area contributed by atoms with Gasteiger partial charge in [0.2, 0.25) is 0 Å². The van der Waals surface area contributed by atoms with Crippen molar-refractivity contribution in [1.82, 2.24) is 4.90 Å². The van der Waals surface area contributed by atoms with Crippen LogP contribution in [-0.4, -0.2) is 41.6 Å². The number of hydrogen-bond donors (Lipinski definition) is 1. The predicted octanol–water partition coefficient (Wildman–Crippen LogP) is 1.89. The van der Waals surface area contributed by atoms with Crippen molar-refractivity contribution >= 4 is 11.9 Å². The molecule has 5 nitrogen and oxygen atoms in total. The van der Waals surface area contributed by atoms with E-state index in [1.165, 1.54) is 17.0 Å². The van der Waals surface area contributed by atoms with Crippen LogP contribution in [0.4, 0.5) is 0 Å². The van der Waals surface area contributed by atoms with Gasteiger partial charge >= 0.3 is 5.97 Å². The lowest BCUT2D eigenvalue weighted by Gasteiger charge is -2.20. The van der Waals surface area contributed by atoms with Crippen molar-refractivity contribution in [3.05, 3.63) is 42.0 Å². The van der Waals surface area contributed by atoms with Crippen LogP contribution in [0.1, 0.15) is 22.8 Å². The van der Waals surface area contributed by atoms with Gasteiger partial charge in [0.15, 0.2) is 0 Å². The van der Waals surface area contributed by atoms with Crippen LogP contribution in [0.2, 0.25) is 0 Å². The molecule has 0 heterocycles. The molecule has 0 saturated heterocycles. The molecule has 0 fully saturated rings. The number of phenols is 1. The number of aryl methyl sites for hydroxylation is 1. The third kappa shape index (κ3) is 4.12. The minimum Gasteiger partial charge on any atom is -0.508 e. The fourth-order valence-electron chi connectivity index (χ4n) is 1.71. The van der Waals surface area contributed by atoms with Crippen LogP contribution in [0.5, 0.6) is 5.75 Å². The van der Waals surface area contributed by atoms with E-state index in [0.717, 1.165) is 0 Å². The van der Waals surface area contributed by atoms with Gasteiger partial charge in [0, 0.05) is 12.1 Å². The summed E-state index contributed by atoms with van der Waals surface area (Å²) >= 11 is 0. The summed E-state index contributed by atoms with van der Waals surface area (Å²) in [5.41, 5.74) is 1.01. The second-order valence-electron chi connectivity index (χ2n) is 4.28. The molecule has 0 aliphatic carbocycles. The first kappa shape index (κ1) is 15.8. The third-order valence-corrected chi connectivity index (χ3v) is 2.71. The average Bonchev–Trinajstić information content (AvgIpc) is 2.41. The summed E-state index contributed by atoms with van der Waals surface area (Å²) in [6, 6.07) is 4.56. The second kappa shape index (κ2) is 7.33. The SMILES string of the molecule is C=CCN(CC(=O)OCC)C(=O)c1ccc(O)c(C)c1. The van der Waals surface area contributed by atoms with Gasteiger partial charge in [0.05, 0.1) is 6.61 Å². The van der Waals surface area contributed by atoms with Crippen molar-refractivity contribution in [3.8, 4) is 5.75 Å². The highest BCUT2D eigenvalue weighted by molar-refractivity contribution is 5.96. The second-order valence-corrected chi connectivity index (χ2v) is 4.28. The van der Waals surface area contributed by atoms with E-state index in [2.05, 4.69) is 6.58 Å². The quantitative estimate of drug-likeness (QED) is 0.637. The van der Waals surface area contributed by atoms with E-state index in [1.54, 1.807) is 26.0 Å². The molecule has 0 unspecified atom stereocenters. The summed E-state index contributed by atoms with van der Waals surface area (Å²) in [6.45, 7) is 7.38. The highest BCUT2D eigenvalue weighted by Gasteiger charge is 2.18. The molecule has 1 aromatic carbocycles. The maximum atomic E-state index is 12.3. The molecule has 1 amide bonds. The molecule has 0 aliphatic rings. The Bertz CT molecular complexity index is 511. The summed E-state index contributed by atoms with van der Waals surface area (Å²) in [5.74, 6) is -0.638. The third-order valence-electron chi connectivity index (χ3n) is 2.71. The van der Waals surface area contributed by atoms with Crippen LogP contribution in [0.25, 0.3) is 0 Å². The van der Waals surface area contributed by atoms with Crippen molar-refractivity contribution in [3.63, 3.8) is 0 Å². The standard InChI is InChI=1S/C15H19NO4/c1-4-8-16(10-14(18)20-5-2)15(19)12-6-7-13(17)11(3)9-12/h4,6-7,9,17H,1,5,8,10H2,2-3H3. The van der Waals surface area contributed by atoms with E-state index in [1.807, 2.05) is 0 Å². The summed E-state index contributed by atoms with van der Waals surface area (Å²) < 4.78 is 4.84. The molecule has 1 aromatic rings. The zero-order chi connectivity index (χ0) is 15.1. The number of hydrogen-bond acceptors (Lipinski definition) is 4. The summed E-state index contributed by atoms with van der Waals surface area (Å²) in [6.07, 6.45) is 1.55. The van der Waals surface area contributed by atoms with Crippen molar-refractivity contribution in [2.75, 3.05) is 19.7 Å². The van der Waals surface area contributed by atoms with E-state index in [4.69, 9.17) is 4.74 Å². The highest BCUT2D eigenvalue weighted by Crippen LogP contribution is 2.18. The maximum absolute atomic E-state index is 12.3. The lowest BCUT2D eigenvalue weighted by atomic mass is 10.1. The molecule has 5 heteroatoms. The Morgan fingerprint density at radius 1 is 1.45 bits per heavy atom. The molecular weight excluding hydrogens is 258 g/mol. The number of rotatable bonds is 6. The zero-order valence-electron chi connectivity index (χ0n) is 11.8. The van der Waals surface area contributed by atoms with E-state index >= 15 is 0 Å². The molecule has 0 spiro atoms. The Labute approximate surface area is 118 Å². The molecular formula is C15H19NO4. The van der Waals surface area contributed by atoms with Gasteiger partial charge in [-0.05, 0) is 37.6 Å². The molecule has 108 valence electrons. The molecule has 0 radical (unpaired) electrons. The Kier molecular flexibility index (Phi) is 5.77. The lowest BCUT2D eigenvalue weighted by Crippen LogP contribution is -2.36. The molecule has 0 atom stereocenters. The van der Waals surface area contributed by atoms with Crippen molar-refractivity contribution in [1.29, 1.82) is 0 Å². The number of phenolic OH excluding ortho intramolecular Hbond substituents is 1. The molecule has 20 heavy (non-hydrogen) atoms. The van der Waals surface area contributed by atoms with E-state index < -0.39 is 5.97 Å². The predicted molar refractivity (Wildman–Crippen MR) is 75.6 cm³/mol. The smallest absolute Gasteiger partial charge is 0.325 e. The minimum absolute atomic E-state index is 0.126. The van der Waals surface area contributed by atoms with Gasteiger partial charge in [0.1, 0.15) is 12.3 Å². The summed E-state index contributed by atoms with van der Waals surface area (Å²) in [5, 5.41) is 9.47. The fraction of sp³-hybridized carbons (Fsp3) is 0.333. The van der Waals surface area contributed by atoms with Gasteiger partial charge in [-0.25, -0.2) is 0 Å². The zero-order valence-corrected chi connectivity index (χ0v) is 11.8. The van der Waals surface area contributed by atoms with Crippen molar-refractivity contribution in [2.45, 2.75) is 13.8 Å². The Morgan fingerprint density at radius 2 is 2.15 bits per heavy atom. The van der Waals surface area contributed by atoms with Crippen LogP contribution in [0, 0.1) is 6.92 Å². The number of benzene rings is 1. The number of esters is 1. The Balaban J connectivity index is 2.89. The van der Waals surface area contributed by atoms with Crippen LogP contribution in [0.15, 0.2) is 30.9 Å². The van der Waals surface area contributed by atoms with Crippen LogP contribution in [0.3, 0.4) is 0 Å². The summed E-state index contributed by atoms with van der Waals surface area (Å²) in [7, 11) is 0. The van der Waals surface area contributed by atoms with Crippen LogP contribution in [-0.2, 0) is 9.53 Å². The largest absolute Gasteiger partial charge is 0.508 e. The van der Waals surface area contributed by atoms with Gasteiger partial charge in [-0.15, -0.1) is 6.58 Å². The van der Waals surface area contributed by atoms with Crippen molar-refractivity contribution in [2.24, 2.45) is 0 Å². The van der Waals surface area contributed by atoms with E-state index in [9.17, 15) is 14.7 Å². The first-order chi connectivity index (χ1) is 9.49. The molecule has 1 rings (SSSR count). The van der Waals surface area contributed by atoms with E-state index in [-0.39, 0.29) is 31.4 Å². The van der Waals surface area contributed by atoms with E-state index in [0.29, 0.717) is 11.1 Å². The maximum Gasteiger partial charge on any atom is 0.325 e. The average molecular weight is 277 g/mol. The number of ether oxygens (including phenoxy) is 1. The van der Waals surface area contributed by atoms with Gasteiger partial charge in [-0.2, -0.15) is 0 Å². The molecule has 0 aromatic heterocycles.